The monoisotopic (exact) mass is 345 g/mol. The highest BCUT2D eigenvalue weighted by Crippen LogP contribution is 2.14. The van der Waals surface area contributed by atoms with E-state index in [9.17, 15) is 13.2 Å². The summed E-state index contributed by atoms with van der Waals surface area (Å²) in [5.41, 5.74) is 0.598. The van der Waals surface area contributed by atoms with Gasteiger partial charge in [0.25, 0.3) is 0 Å². The third-order valence-corrected chi connectivity index (χ3v) is 5.58. The van der Waals surface area contributed by atoms with Gasteiger partial charge in [0.2, 0.25) is 10.0 Å². The van der Waals surface area contributed by atoms with Gasteiger partial charge in [-0.1, -0.05) is 18.0 Å². The van der Waals surface area contributed by atoms with Crippen molar-refractivity contribution in [1.29, 1.82) is 0 Å². The zero-order valence-corrected chi connectivity index (χ0v) is 13.8. The fraction of sp³-hybridized carbons (Fsp3) is 0.500. The lowest BCUT2D eigenvalue weighted by atomic mass is 10.2. The lowest BCUT2D eigenvalue weighted by molar-refractivity contribution is 0.252. The van der Waals surface area contributed by atoms with Gasteiger partial charge in [-0.3, -0.25) is 0 Å². The molecule has 1 aromatic rings. The van der Waals surface area contributed by atoms with Gasteiger partial charge >= 0.3 is 6.03 Å². The summed E-state index contributed by atoms with van der Waals surface area (Å²) in [6.45, 7) is 1.25. The van der Waals surface area contributed by atoms with Crippen molar-refractivity contribution in [1.82, 2.24) is 9.62 Å². The van der Waals surface area contributed by atoms with Crippen molar-refractivity contribution < 1.29 is 13.2 Å². The van der Waals surface area contributed by atoms with Gasteiger partial charge in [-0.05, 0) is 37.1 Å². The number of urea groups is 1. The maximum absolute atomic E-state index is 12.1. The molecule has 2 rings (SSSR count). The number of nitrogens with zero attached hydrogens (tertiary/aromatic N) is 1. The third-order valence-electron chi connectivity index (χ3n) is 3.46. The van der Waals surface area contributed by atoms with E-state index >= 15 is 0 Å². The normalized spacial score (nSPS) is 16.2. The number of halogens is 1. The molecule has 2 amide bonds. The van der Waals surface area contributed by atoms with Gasteiger partial charge in [-0.2, -0.15) is 0 Å². The fourth-order valence-corrected chi connectivity index (χ4v) is 3.83. The highest BCUT2D eigenvalue weighted by Gasteiger charge is 2.23. The van der Waals surface area contributed by atoms with E-state index in [1.807, 2.05) is 0 Å². The van der Waals surface area contributed by atoms with Crippen molar-refractivity contribution in [3.05, 3.63) is 29.3 Å². The van der Waals surface area contributed by atoms with Crippen LogP contribution in [0, 0.1) is 0 Å². The molecule has 0 spiro atoms. The SMILES string of the molecule is O=C(NCCS(=O)(=O)N1CCCCC1)Nc1ccc(Cl)cc1. The number of rotatable bonds is 5. The molecular formula is C14H20ClN3O3S. The molecule has 0 bridgehead atoms. The molecule has 8 heteroatoms. The predicted octanol–water partition coefficient (Wildman–Crippen LogP) is 2.28. The third kappa shape index (κ3) is 5.15. The molecule has 1 aliphatic heterocycles. The molecule has 0 unspecified atom stereocenters. The van der Waals surface area contributed by atoms with E-state index in [2.05, 4.69) is 10.6 Å². The summed E-state index contributed by atoms with van der Waals surface area (Å²) in [4.78, 5) is 11.7. The molecule has 1 aromatic carbocycles. The smallest absolute Gasteiger partial charge is 0.319 e. The number of benzene rings is 1. The Kier molecular flexibility index (Phi) is 6.05. The second-order valence-corrected chi connectivity index (χ2v) is 7.69. The summed E-state index contributed by atoms with van der Waals surface area (Å²) in [6, 6.07) is 6.24. The van der Waals surface area contributed by atoms with Crippen LogP contribution in [0.5, 0.6) is 0 Å². The molecule has 122 valence electrons. The number of amides is 2. The Morgan fingerprint density at radius 1 is 1.14 bits per heavy atom. The number of nitrogens with one attached hydrogen (secondary N) is 2. The van der Waals surface area contributed by atoms with Crippen LogP contribution in [0.4, 0.5) is 10.5 Å². The van der Waals surface area contributed by atoms with E-state index in [-0.39, 0.29) is 12.3 Å². The highest BCUT2D eigenvalue weighted by atomic mass is 35.5. The molecule has 1 heterocycles. The number of anilines is 1. The molecule has 22 heavy (non-hydrogen) atoms. The average molecular weight is 346 g/mol. The topological polar surface area (TPSA) is 78.5 Å². The lowest BCUT2D eigenvalue weighted by Gasteiger charge is -2.25. The van der Waals surface area contributed by atoms with Crippen LogP contribution in [-0.4, -0.2) is 44.1 Å². The van der Waals surface area contributed by atoms with Gasteiger partial charge in [-0.25, -0.2) is 17.5 Å². The Morgan fingerprint density at radius 2 is 1.77 bits per heavy atom. The molecule has 0 aromatic heterocycles. The van der Waals surface area contributed by atoms with Crippen molar-refractivity contribution in [3.63, 3.8) is 0 Å². The summed E-state index contributed by atoms with van der Waals surface area (Å²) in [6.07, 6.45) is 2.89. The predicted molar refractivity (Wildman–Crippen MR) is 87.7 cm³/mol. The van der Waals surface area contributed by atoms with Gasteiger partial charge in [0.15, 0.2) is 0 Å². The molecular weight excluding hydrogens is 326 g/mol. The van der Waals surface area contributed by atoms with E-state index in [0.29, 0.717) is 23.8 Å². The van der Waals surface area contributed by atoms with Gasteiger partial charge in [0, 0.05) is 30.3 Å². The second kappa shape index (κ2) is 7.80. The van der Waals surface area contributed by atoms with Crippen LogP contribution in [0.25, 0.3) is 0 Å². The van der Waals surface area contributed by atoms with E-state index in [1.165, 1.54) is 4.31 Å². The summed E-state index contributed by atoms with van der Waals surface area (Å²) in [7, 11) is -3.28. The number of carbonyl (C=O) groups excluding carboxylic acids is 1. The first-order valence-corrected chi connectivity index (χ1v) is 9.24. The van der Waals surface area contributed by atoms with Crippen LogP contribution >= 0.6 is 11.6 Å². The largest absolute Gasteiger partial charge is 0.337 e. The molecule has 0 aliphatic carbocycles. The maximum atomic E-state index is 12.1. The van der Waals surface area contributed by atoms with Crippen LogP contribution in [0.1, 0.15) is 19.3 Å². The van der Waals surface area contributed by atoms with E-state index in [1.54, 1.807) is 24.3 Å². The summed E-state index contributed by atoms with van der Waals surface area (Å²) in [5, 5.41) is 5.75. The molecule has 6 nitrogen and oxygen atoms in total. The lowest BCUT2D eigenvalue weighted by Crippen LogP contribution is -2.41. The highest BCUT2D eigenvalue weighted by molar-refractivity contribution is 7.89. The van der Waals surface area contributed by atoms with Crippen LogP contribution < -0.4 is 10.6 Å². The van der Waals surface area contributed by atoms with Crippen molar-refractivity contribution >= 4 is 33.3 Å². The zero-order chi connectivity index (χ0) is 16.0. The Balaban J connectivity index is 1.75. The van der Waals surface area contributed by atoms with Gasteiger partial charge in [0.1, 0.15) is 0 Å². The maximum Gasteiger partial charge on any atom is 0.319 e. The number of piperidine rings is 1. The fourth-order valence-electron chi connectivity index (χ4n) is 2.27. The summed E-state index contributed by atoms with van der Waals surface area (Å²) in [5.74, 6) is -0.0823. The molecule has 1 saturated heterocycles. The minimum Gasteiger partial charge on any atom is -0.337 e. The Hall–Kier alpha value is -1.31. The number of carbonyl (C=O) groups is 1. The summed E-state index contributed by atoms with van der Waals surface area (Å²) >= 11 is 5.76. The minimum absolute atomic E-state index is 0.0816. The minimum atomic E-state index is -3.28. The van der Waals surface area contributed by atoms with E-state index in [4.69, 9.17) is 11.6 Å². The first-order valence-electron chi connectivity index (χ1n) is 7.26. The quantitative estimate of drug-likeness (QED) is 0.859. The molecule has 2 N–H and O–H groups in total. The first-order chi connectivity index (χ1) is 10.5. The van der Waals surface area contributed by atoms with Gasteiger partial charge in [-0.15, -0.1) is 0 Å². The van der Waals surface area contributed by atoms with Crippen molar-refractivity contribution in [3.8, 4) is 0 Å². The molecule has 0 atom stereocenters. The number of hydrogen-bond acceptors (Lipinski definition) is 3. The van der Waals surface area contributed by atoms with Crippen LogP contribution in [-0.2, 0) is 10.0 Å². The standard InChI is InChI=1S/C14H20ClN3O3S/c15-12-4-6-13(7-5-12)17-14(19)16-8-11-22(20,21)18-9-2-1-3-10-18/h4-7H,1-3,8-11H2,(H2,16,17,19). The van der Waals surface area contributed by atoms with E-state index < -0.39 is 16.1 Å². The Labute approximate surface area is 135 Å². The van der Waals surface area contributed by atoms with Crippen molar-refractivity contribution in [2.24, 2.45) is 0 Å². The number of hydrogen-bond donors (Lipinski definition) is 2. The Bertz CT molecular complexity index is 598. The molecule has 1 aliphatic rings. The average Bonchev–Trinajstić information content (AvgIpc) is 2.50. The van der Waals surface area contributed by atoms with Crippen LogP contribution in [0.3, 0.4) is 0 Å². The van der Waals surface area contributed by atoms with Crippen molar-refractivity contribution in [2.45, 2.75) is 19.3 Å². The Morgan fingerprint density at radius 3 is 2.41 bits per heavy atom. The second-order valence-electron chi connectivity index (χ2n) is 5.16. The first kappa shape index (κ1) is 17.1. The van der Waals surface area contributed by atoms with Crippen LogP contribution in [0.2, 0.25) is 5.02 Å². The number of sulfonamides is 1. The van der Waals surface area contributed by atoms with Crippen molar-refractivity contribution in [2.75, 3.05) is 30.7 Å². The van der Waals surface area contributed by atoms with Crippen LogP contribution in [0.15, 0.2) is 24.3 Å². The van der Waals surface area contributed by atoms with Gasteiger partial charge in [0.05, 0.1) is 5.75 Å². The van der Waals surface area contributed by atoms with Gasteiger partial charge < -0.3 is 10.6 Å². The summed E-state index contributed by atoms with van der Waals surface area (Å²) < 4.78 is 25.7. The molecule has 1 fully saturated rings. The zero-order valence-electron chi connectivity index (χ0n) is 12.2. The van der Waals surface area contributed by atoms with E-state index in [0.717, 1.165) is 19.3 Å². The molecule has 0 saturated carbocycles. The molecule has 0 radical (unpaired) electrons.